The van der Waals surface area contributed by atoms with Crippen molar-refractivity contribution in [3.8, 4) is 5.88 Å². The van der Waals surface area contributed by atoms with Crippen LogP contribution < -0.4 is 4.74 Å². The number of pyridine rings is 1. The molecule has 1 aliphatic rings. The van der Waals surface area contributed by atoms with E-state index >= 15 is 0 Å². The van der Waals surface area contributed by atoms with Gasteiger partial charge in [0.15, 0.2) is 0 Å². The lowest BCUT2D eigenvalue weighted by molar-refractivity contribution is 0.0629. The first-order valence-corrected chi connectivity index (χ1v) is 9.11. The van der Waals surface area contributed by atoms with Gasteiger partial charge in [-0.15, -0.1) is 0 Å². The Labute approximate surface area is 154 Å². The summed E-state index contributed by atoms with van der Waals surface area (Å²) in [5.74, 6) is 1.93. The van der Waals surface area contributed by atoms with E-state index in [0.717, 1.165) is 45.1 Å². The van der Waals surface area contributed by atoms with Crippen LogP contribution in [0.4, 0.5) is 0 Å². The van der Waals surface area contributed by atoms with E-state index in [-0.39, 0.29) is 5.91 Å². The summed E-state index contributed by atoms with van der Waals surface area (Å²) in [4.78, 5) is 25.6. The molecule has 26 heavy (non-hydrogen) atoms. The summed E-state index contributed by atoms with van der Waals surface area (Å²) in [6.45, 7) is 9.41. The minimum Gasteiger partial charge on any atom is -0.480 e. The number of ether oxygens (including phenoxy) is 1. The van der Waals surface area contributed by atoms with Crippen molar-refractivity contribution in [2.24, 2.45) is 0 Å². The average molecular weight is 357 g/mol. The van der Waals surface area contributed by atoms with Crippen molar-refractivity contribution in [2.75, 3.05) is 39.8 Å². The summed E-state index contributed by atoms with van der Waals surface area (Å²) in [5.41, 5.74) is 0.531. The van der Waals surface area contributed by atoms with Gasteiger partial charge < -0.3 is 14.2 Å². The summed E-state index contributed by atoms with van der Waals surface area (Å²) in [6, 6.07) is 3.54. The van der Waals surface area contributed by atoms with Crippen molar-refractivity contribution in [1.29, 1.82) is 0 Å². The first kappa shape index (κ1) is 18.4. The molecule has 0 spiro atoms. The van der Waals surface area contributed by atoms with Gasteiger partial charge in [0.05, 0.1) is 7.11 Å². The fraction of sp³-hybridized carbons (Fsp3) is 0.526. The number of imidazole rings is 1. The molecule has 140 valence electrons. The van der Waals surface area contributed by atoms with Gasteiger partial charge in [0.1, 0.15) is 11.4 Å². The normalized spacial score (nSPS) is 15.5. The highest BCUT2D eigenvalue weighted by atomic mass is 16.5. The van der Waals surface area contributed by atoms with Crippen LogP contribution in [0.15, 0.2) is 30.7 Å². The van der Waals surface area contributed by atoms with Gasteiger partial charge in [0.2, 0.25) is 5.88 Å². The highest BCUT2D eigenvalue weighted by Gasteiger charge is 2.24. The molecule has 0 saturated carbocycles. The standard InChI is InChI=1S/C19H27N5O2/c1-15(2)17-20-7-8-23(17)12-9-22-10-13-24(14-11-22)19(25)16-5-4-6-21-18(16)26-3/h4-8,15H,9-14H2,1-3H3. The molecular formula is C19H27N5O2. The maximum Gasteiger partial charge on any atom is 0.259 e. The minimum absolute atomic E-state index is 0.00805. The maximum atomic E-state index is 12.7. The zero-order chi connectivity index (χ0) is 18.5. The van der Waals surface area contributed by atoms with Crippen molar-refractivity contribution in [3.05, 3.63) is 42.1 Å². The molecule has 1 amide bonds. The highest BCUT2D eigenvalue weighted by Crippen LogP contribution is 2.17. The maximum absolute atomic E-state index is 12.7. The summed E-state index contributed by atoms with van der Waals surface area (Å²) < 4.78 is 7.44. The molecule has 1 fully saturated rings. The van der Waals surface area contributed by atoms with E-state index in [1.807, 2.05) is 17.3 Å². The van der Waals surface area contributed by atoms with Crippen molar-refractivity contribution < 1.29 is 9.53 Å². The molecule has 0 radical (unpaired) electrons. The van der Waals surface area contributed by atoms with Crippen LogP contribution in [0.25, 0.3) is 0 Å². The first-order chi connectivity index (χ1) is 12.6. The zero-order valence-corrected chi connectivity index (χ0v) is 15.8. The van der Waals surface area contributed by atoms with E-state index in [2.05, 4.69) is 33.3 Å². The van der Waals surface area contributed by atoms with E-state index in [4.69, 9.17) is 4.74 Å². The van der Waals surface area contributed by atoms with Gasteiger partial charge in [-0.05, 0) is 12.1 Å². The number of aromatic nitrogens is 3. The van der Waals surface area contributed by atoms with Crippen LogP contribution in [0.2, 0.25) is 0 Å². The molecule has 7 heteroatoms. The highest BCUT2D eigenvalue weighted by molar-refractivity contribution is 5.96. The van der Waals surface area contributed by atoms with Gasteiger partial charge in [-0.1, -0.05) is 13.8 Å². The summed E-state index contributed by atoms with van der Waals surface area (Å²) in [5, 5.41) is 0. The topological polar surface area (TPSA) is 63.5 Å². The zero-order valence-electron chi connectivity index (χ0n) is 15.8. The van der Waals surface area contributed by atoms with E-state index in [9.17, 15) is 4.79 Å². The molecular weight excluding hydrogens is 330 g/mol. The Morgan fingerprint density at radius 1 is 1.15 bits per heavy atom. The number of methoxy groups -OCH3 is 1. The Hall–Kier alpha value is -2.41. The van der Waals surface area contributed by atoms with Crippen molar-refractivity contribution in [3.63, 3.8) is 0 Å². The van der Waals surface area contributed by atoms with Crippen LogP contribution in [0, 0.1) is 0 Å². The van der Waals surface area contributed by atoms with Gasteiger partial charge in [-0.25, -0.2) is 9.97 Å². The number of hydrogen-bond acceptors (Lipinski definition) is 5. The van der Waals surface area contributed by atoms with Gasteiger partial charge in [0.25, 0.3) is 5.91 Å². The third kappa shape index (κ3) is 4.04. The molecule has 1 saturated heterocycles. The van der Waals surface area contributed by atoms with Gasteiger partial charge in [0, 0.05) is 63.8 Å². The summed E-state index contributed by atoms with van der Waals surface area (Å²) >= 11 is 0. The lowest BCUT2D eigenvalue weighted by Crippen LogP contribution is -2.49. The number of carbonyl (C=O) groups is 1. The van der Waals surface area contributed by atoms with E-state index in [1.165, 1.54) is 0 Å². The average Bonchev–Trinajstić information content (AvgIpc) is 3.15. The molecule has 0 bridgehead atoms. The molecule has 0 atom stereocenters. The number of nitrogens with zero attached hydrogens (tertiary/aromatic N) is 5. The summed E-state index contributed by atoms with van der Waals surface area (Å²) in [6.07, 6.45) is 5.55. The lowest BCUT2D eigenvalue weighted by Gasteiger charge is -2.35. The van der Waals surface area contributed by atoms with Crippen LogP contribution in [0.1, 0.15) is 35.9 Å². The molecule has 1 aliphatic heterocycles. The Bertz CT molecular complexity index is 735. The van der Waals surface area contributed by atoms with Crippen LogP contribution in [0.5, 0.6) is 5.88 Å². The Kier molecular flexibility index (Phi) is 5.88. The number of piperazine rings is 1. The molecule has 2 aromatic rings. The predicted molar refractivity (Wildman–Crippen MR) is 99.4 cm³/mol. The van der Waals surface area contributed by atoms with Crippen LogP contribution in [-0.4, -0.2) is 70.1 Å². The van der Waals surface area contributed by atoms with E-state index in [1.54, 1.807) is 25.4 Å². The van der Waals surface area contributed by atoms with E-state index < -0.39 is 0 Å². The Balaban J connectivity index is 1.52. The van der Waals surface area contributed by atoms with Gasteiger partial charge >= 0.3 is 0 Å². The number of carbonyl (C=O) groups excluding carboxylic acids is 1. The van der Waals surface area contributed by atoms with E-state index in [0.29, 0.717) is 17.4 Å². The molecule has 3 heterocycles. The third-order valence-corrected chi connectivity index (χ3v) is 4.78. The minimum atomic E-state index is -0.00805. The second kappa shape index (κ2) is 8.31. The molecule has 0 N–H and O–H groups in total. The number of rotatable bonds is 6. The molecule has 2 aromatic heterocycles. The van der Waals surface area contributed by atoms with Crippen molar-refractivity contribution in [1.82, 2.24) is 24.3 Å². The second-order valence-electron chi connectivity index (χ2n) is 6.83. The quantitative estimate of drug-likeness (QED) is 0.790. The molecule has 3 rings (SSSR count). The SMILES string of the molecule is COc1ncccc1C(=O)N1CCN(CCn2ccnc2C(C)C)CC1. The number of amides is 1. The molecule has 0 aliphatic carbocycles. The fourth-order valence-electron chi connectivity index (χ4n) is 3.32. The molecule has 0 unspecified atom stereocenters. The largest absolute Gasteiger partial charge is 0.480 e. The number of hydrogen-bond donors (Lipinski definition) is 0. The van der Waals surface area contributed by atoms with Gasteiger partial charge in [-0.3, -0.25) is 9.69 Å². The van der Waals surface area contributed by atoms with Crippen molar-refractivity contribution in [2.45, 2.75) is 26.3 Å². The predicted octanol–water partition coefficient (Wildman–Crippen LogP) is 1.87. The lowest BCUT2D eigenvalue weighted by atomic mass is 10.2. The molecule has 0 aromatic carbocycles. The second-order valence-corrected chi connectivity index (χ2v) is 6.83. The summed E-state index contributed by atoms with van der Waals surface area (Å²) in [7, 11) is 1.54. The van der Waals surface area contributed by atoms with Gasteiger partial charge in [-0.2, -0.15) is 0 Å². The van der Waals surface area contributed by atoms with Crippen LogP contribution in [0.3, 0.4) is 0 Å². The Morgan fingerprint density at radius 3 is 2.62 bits per heavy atom. The van der Waals surface area contributed by atoms with Crippen molar-refractivity contribution >= 4 is 5.91 Å². The monoisotopic (exact) mass is 357 g/mol. The van der Waals surface area contributed by atoms with Crippen LogP contribution in [-0.2, 0) is 6.54 Å². The first-order valence-electron chi connectivity index (χ1n) is 9.11. The van der Waals surface area contributed by atoms with Crippen LogP contribution >= 0.6 is 0 Å². The molecule has 7 nitrogen and oxygen atoms in total. The fourth-order valence-corrected chi connectivity index (χ4v) is 3.32. The smallest absolute Gasteiger partial charge is 0.259 e. The third-order valence-electron chi connectivity index (χ3n) is 4.78. The Morgan fingerprint density at radius 2 is 1.92 bits per heavy atom.